The van der Waals surface area contributed by atoms with Crippen LogP contribution in [0.4, 0.5) is 10.1 Å². The summed E-state index contributed by atoms with van der Waals surface area (Å²) in [4.78, 5) is 13.1. The van der Waals surface area contributed by atoms with E-state index in [1.807, 2.05) is 0 Å². The number of rotatable bonds is 10. The Bertz CT molecular complexity index is 968. The van der Waals surface area contributed by atoms with E-state index in [0.717, 1.165) is 37.1 Å². The van der Waals surface area contributed by atoms with E-state index in [1.54, 1.807) is 22.9 Å². The maximum Gasteiger partial charge on any atom is 0.270 e. The van der Waals surface area contributed by atoms with Crippen LogP contribution < -0.4 is 4.74 Å². The van der Waals surface area contributed by atoms with E-state index >= 15 is 0 Å². The first-order chi connectivity index (χ1) is 14.0. The summed E-state index contributed by atoms with van der Waals surface area (Å²) in [7, 11) is 0. The fourth-order valence-corrected chi connectivity index (χ4v) is 3.24. The molecule has 0 fully saturated rings. The van der Waals surface area contributed by atoms with E-state index in [4.69, 9.17) is 4.74 Å². The van der Waals surface area contributed by atoms with Gasteiger partial charge in [-0.2, -0.15) is 0 Å². The molecule has 29 heavy (non-hydrogen) atoms. The predicted octanol–water partition coefficient (Wildman–Crippen LogP) is 4.24. The molecular weight excluding hydrogens is 375 g/mol. The summed E-state index contributed by atoms with van der Waals surface area (Å²) in [6, 6.07) is 10.8. The fraction of sp³-hybridized carbons (Fsp3) is 0.381. The first-order valence-electron chi connectivity index (χ1n) is 9.76. The van der Waals surface area contributed by atoms with Crippen molar-refractivity contribution >= 4 is 16.6 Å². The van der Waals surface area contributed by atoms with Crippen molar-refractivity contribution in [1.29, 1.82) is 0 Å². The summed E-state index contributed by atoms with van der Waals surface area (Å²) in [5.41, 5.74) is 1.60. The third-order valence-corrected chi connectivity index (χ3v) is 4.91. The molecule has 3 rings (SSSR count). The molecule has 8 heteroatoms. The van der Waals surface area contributed by atoms with Gasteiger partial charge < -0.3 is 9.64 Å². The molecule has 154 valence electrons. The zero-order valence-corrected chi connectivity index (χ0v) is 16.7. The van der Waals surface area contributed by atoms with Crippen LogP contribution in [0.3, 0.4) is 0 Å². The fourth-order valence-electron chi connectivity index (χ4n) is 3.24. The lowest BCUT2D eigenvalue weighted by Gasteiger charge is -2.17. The second-order valence-corrected chi connectivity index (χ2v) is 6.78. The Morgan fingerprint density at radius 2 is 1.90 bits per heavy atom. The lowest BCUT2D eigenvalue weighted by molar-refractivity contribution is -0.384. The van der Waals surface area contributed by atoms with E-state index < -0.39 is 4.92 Å². The molecule has 0 bridgehead atoms. The molecule has 3 aromatic rings. The minimum absolute atomic E-state index is 0.00757. The third kappa shape index (κ3) is 5.08. The van der Waals surface area contributed by atoms with Gasteiger partial charge in [0.05, 0.1) is 29.0 Å². The minimum Gasteiger partial charge on any atom is -0.476 e. The van der Waals surface area contributed by atoms with Gasteiger partial charge in [-0.15, -0.1) is 5.10 Å². The van der Waals surface area contributed by atoms with Gasteiger partial charge in [0.2, 0.25) is 5.88 Å². The van der Waals surface area contributed by atoms with Crippen molar-refractivity contribution in [2.75, 3.05) is 26.2 Å². The first kappa shape index (κ1) is 20.7. The average Bonchev–Trinajstić information content (AvgIpc) is 3.06. The van der Waals surface area contributed by atoms with E-state index in [-0.39, 0.29) is 11.5 Å². The van der Waals surface area contributed by atoms with Gasteiger partial charge in [-0.25, -0.2) is 4.39 Å². The SMILES string of the molecule is CCN(CC)CCCOc1nn(Cc2ccc(F)cc2)c2ccc([N+](=O)[O-])cc12. The Balaban J connectivity index is 1.83. The molecule has 0 radical (unpaired) electrons. The molecule has 1 heterocycles. The molecule has 7 nitrogen and oxygen atoms in total. The highest BCUT2D eigenvalue weighted by Crippen LogP contribution is 2.29. The molecular formula is C21H25FN4O3. The van der Waals surface area contributed by atoms with E-state index in [1.165, 1.54) is 24.3 Å². The number of non-ortho nitro benzene ring substituents is 1. The van der Waals surface area contributed by atoms with Crippen molar-refractivity contribution in [3.05, 3.63) is 64.0 Å². The van der Waals surface area contributed by atoms with Crippen molar-refractivity contribution in [2.45, 2.75) is 26.8 Å². The molecule has 0 amide bonds. The van der Waals surface area contributed by atoms with Crippen molar-refractivity contribution in [3.63, 3.8) is 0 Å². The monoisotopic (exact) mass is 400 g/mol. The molecule has 0 aliphatic heterocycles. The van der Waals surface area contributed by atoms with Crippen LogP contribution in [0.25, 0.3) is 10.9 Å². The summed E-state index contributed by atoms with van der Waals surface area (Å²) < 4.78 is 20.8. The van der Waals surface area contributed by atoms with Crippen LogP contribution in [0.15, 0.2) is 42.5 Å². The van der Waals surface area contributed by atoms with Crippen LogP contribution in [-0.4, -0.2) is 45.8 Å². The summed E-state index contributed by atoms with van der Waals surface area (Å²) in [6.07, 6.45) is 0.836. The Hall–Kier alpha value is -3.00. The van der Waals surface area contributed by atoms with Crippen molar-refractivity contribution < 1.29 is 14.1 Å². The average molecular weight is 400 g/mol. The smallest absolute Gasteiger partial charge is 0.270 e. The van der Waals surface area contributed by atoms with E-state index in [9.17, 15) is 14.5 Å². The number of aromatic nitrogens is 2. The number of nitro benzene ring substituents is 1. The third-order valence-electron chi connectivity index (χ3n) is 4.91. The molecule has 1 aromatic heterocycles. The molecule has 2 aromatic carbocycles. The highest BCUT2D eigenvalue weighted by Gasteiger charge is 2.16. The topological polar surface area (TPSA) is 73.4 Å². The summed E-state index contributed by atoms with van der Waals surface area (Å²) in [5.74, 6) is 0.0808. The standard InChI is InChI=1S/C21H25FN4O3/c1-3-24(4-2)12-5-13-29-21-19-14-18(26(27)28)10-11-20(19)25(23-21)15-16-6-8-17(22)9-7-16/h6-11,14H,3-5,12-13,15H2,1-2H3. The normalized spacial score (nSPS) is 11.3. The molecule has 0 saturated heterocycles. The van der Waals surface area contributed by atoms with Crippen LogP contribution in [-0.2, 0) is 6.54 Å². The Labute approximate surface area is 168 Å². The molecule has 0 N–H and O–H groups in total. The molecule has 0 aliphatic rings. The molecule has 0 aliphatic carbocycles. The zero-order valence-electron chi connectivity index (χ0n) is 16.7. The van der Waals surface area contributed by atoms with Gasteiger partial charge in [-0.1, -0.05) is 26.0 Å². The molecule has 0 spiro atoms. The van der Waals surface area contributed by atoms with Crippen LogP contribution in [0.2, 0.25) is 0 Å². The number of halogens is 1. The Morgan fingerprint density at radius 1 is 1.17 bits per heavy atom. The Kier molecular flexibility index (Phi) is 6.77. The second kappa shape index (κ2) is 9.47. The van der Waals surface area contributed by atoms with Gasteiger partial charge in [0.25, 0.3) is 5.69 Å². The maximum atomic E-state index is 13.2. The van der Waals surface area contributed by atoms with Crippen LogP contribution >= 0.6 is 0 Å². The van der Waals surface area contributed by atoms with Crippen LogP contribution in [0.5, 0.6) is 5.88 Å². The van der Waals surface area contributed by atoms with Crippen LogP contribution in [0.1, 0.15) is 25.8 Å². The number of hydrogen-bond acceptors (Lipinski definition) is 5. The number of nitro groups is 1. The lowest BCUT2D eigenvalue weighted by Crippen LogP contribution is -2.25. The minimum atomic E-state index is -0.430. The lowest BCUT2D eigenvalue weighted by atomic mass is 10.2. The summed E-state index contributed by atoms with van der Waals surface area (Å²) in [6.45, 7) is 8.01. The van der Waals surface area contributed by atoms with E-state index in [0.29, 0.717) is 24.4 Å². The van der Waals surface area contributed by atoms with Gasteiger partial charge in [-0.3, -0.25) is 14.8 Å². The molecule has 0 atom stereocenters. The van der Waals surface area contributed by atoms with Gasteiger partial charge in [0.15, 0.2) is 0 Å². The second-order valence-electron chi connectivity index (χ2n) is 6.78. The van der Waals surface area contributed by atoms with Gasteiger partial charge in [-0.05, 0) is 43.3 Å². The number of ether oxygens (including phenoxy) is 1. The highest BCUT2D eigenvalue weighted by atomic mass is 19.1. The highest BCUT2D eigenvalue weighted by molar-refractivity contribution is 5.86. The largest absolute Gasteiger partial charge is 0.476 e. The number of fused-ring (bicyclic) bond motifs is 1. The van der Waals surface area contributed by atoms with Crippen LogP contribution in [0, 0.1) is 15.9 Å². The van der Waals surface area contributed by atoms with Gasteiger partial charge in [0, 0.05) is 18.7 Å². The van der Waals surface area contributed by atoms with Crippen molar-refractivity contribution in [3.8, 4) is 5.88 Å². The first-order valence-corrected chi connectivity index (χ1v) is 9.76. The molecule has 0 saturated carbocycles. The Morgan fingerprint density at radius 3 is 2.55 bits per heavy atom. The van der Waals surface area contributed by atoms with Crippen molar-refractivity contribution in [2.24, 2.45) is 0 Å². The number of nitrogens with zero attached hydrogens (tertiary/aromatic N) is 4. The van der Waals surface area contributed by atoms with E-state index in [2.05, 4.69) is 23.8 Å². The quantitative estimate of drug-likeness (QED) is 0.289. The maximum absolute atomic E-state index is 13.2. The predicted molar refractivity (Wildman–Crippen MR) is 110 cm³/mol. The van der Waals surface area contributed by atoms with Gasteiger partial charge >= 0.3 is 0 Å². The van der Waals surface area contributed by atoms with Gasteiger partial charge in [0.1, 0.15) is 5.82 Å². The number of benzene rings is 2. The number of hydrogen-bond donors (Lipinski definition) is 0. The summed E-state index contributed by atoms with van der Waals surface area (Å²) in [5, 5.41) is 16.3. The zero-order chi connectivity index (χ0) is 20.8. The summed E-state index contributed by atoms with van der Waals surface area (Å²) >= 11 is 0. The van der Waals surface area contributed by atoms with Crippen molar-refractivity contribution in [1.82, 2.24) is 14.7 Å². The molecule has 0 unspecified atom stereocenters.